The third-order valence-corrected chi connectivity index (χ3v) is 3.65. The van der Waals surface area contributed by atoms with Crippen LogP contribution in [0.3, 0.4) is 0 Å². The fraction of sp³-hybridized carbons (Fsp3) is 0.111. The molecule has 0 unspecified atom stereocenters. The summed E-state index contributed by atoms with van der Waals surface area (Å²) >= 11 is 0. The minimum absolute atomic E-state index is 0.0115. The Labute approximate surface area is 146 Å². The van der Waals surface area contributed by atoms with Crippen LogP contribution in [-0.2, 0) is 4.74 Å². The number of anilines is 1. The van der Waals surface area contributed by atoms with Crippen LogP contribution in [0.15, 0.2) is 41.2 Å². The van der Waals surface area contributed by atoms with Gasteiger partial charge in [-0.1, -0.05) is 0 Å². The number of nitrogens with one attached hydrogen (secondary N) is 2. The SMILES string of the molecule is CCOC(=O)Nc1cc(O)cc(F)c1-c1cc(=O)c2ccc(F)cc2[nH]1. The van der Waals surface area contributed by atoms with Crippen molar-refractivity contribution in [3.05, 3.63) is 58.3 Å². The molecule has 3 N–H and O–H groups in total. The molecule has 0 spiro atoms. The number of aromatic nitrogens is 1. The maximum Gasteiger partial charge on any atom is 0.411 e. The highest BCUT2D eigenvalue weighted by Crippen LogP contribution is 2.33. The highest BCUT2D eigenvalue weighted by molar-refractivity contribution is 5.92. The van der Waals surface area contributed by atoms with Crippen LogP contribution in [0.1, 0.15) is 6.92 Å². The standard InChI is InChI=1S/C18H14F2N2O4/c1-2-26-18(25)22-14-7-10(23)6-12(20)17(14)15-8-16(24)11-4-3-9(19)5-13(11)21-15/h3-8,23H,2H2,1H3,(H,21,24)(H,22,25). The van der Waals surface area contributed by atoms with Crippen molar-refractivity contribution in [2.75, 3.05) is 11.9 Å². The molecule has 0 aliphatic carbocycles. The predicted molar refractivity (Wildman–Crippen MR) is 92.2 cm³/mol. The van der Waals surface area contributed by atoms with E-state index in [1.165, 1.54) is 6.07 Å². The lowest BCUT2D eigenvalue weighted by Crippen LogP contribution is -2.15. The number of aromatic amines is 1. The summed E-state index contributed by atoms with van der Waals surface area (Å²) in [6.45, 7) is 1.69. The molecule has 0 fully saturated rings. The number of phenols is 1. The summed E-state index contributed by atoms with van der Waals surface area (Å²) in [5, 5.41) is 12.2. The first-order valence-corrected chi connectivity index (χ1v) is 7.68. The highest BCUT2D eigenvalue weighted by atomic mass is 19.1. The number of hydrogen-bond acceptors (Lipinski definition) is 4. The van der Waals surface area contributed by atoms with Crippen LogP contribution in [0.4, 0.5) is 19.3 Å². The molecule has 0 saturated carbocycles. The van der Waals surface area contributed by atoms with Crippen molar-refractivity contribution in [1.82, 2.24) is 4.98 Å². The van der Waals surface area contributed by atoms with Crippen LogP contribution in [0.25, 0.3) is 22.2 Å². The van der Waals surface area contributed by atoms with Crippen molar-refractivity contribution < 1.29 is 23.4 Å². The first-order chi connectivity index (χ1) is 12.4. The van der Waals surface area contributed by atoms with Crippen molar-refractivity contribution in [3.8, 4) is 17.0 Å². The summed E-state index contributed by atoms with van der Waals surface area (Å²) < 4.78 is 32.7. The van der Waals surface area contributed by atoms with Crippen LogP contribution >= 0.6 is 0 Å². The van der Waals surface area contributed by atoms with E-state index in [9.17, 15) is 23.5 Å². The molecule has 0 radical (unpaired) electrons. The molecule has 1 aromatic heterocycles. The Kier molecular flexibility index (Phi) is 4.57. The molecule has 6 nitrogen and oxygen atoms in total. The van der Waals surface area contributed by atoms with Gasteiger partial charge in [0.1, 0.15) is 17.4 Å². The second-order valence-corrected chi connectivity index (χ2v) is 5.43. The van der Waals surface area contributed by atoms with Crippen LogP contribution < -0.4 is 10.7 Å². The van der Waals surface area contributed by atoms with Gasteiger partial charge in [-0.15, -0.1) is 0 Å². The zero-order valence-electron chi connectivity index (χ0n) is 13.6. The van der Waals surface area contributed by atoms with Gasteiger partial charge in [-0.05, 0) is 25.1 Å². The molecule has 0 aliphatic heterocycles. The number of phenolic OH excluding ortho intramolecular Hbond substituents is 1. The molecular formula is C18H14F2N2O4. The molecule has 0 bridgehead atoms. The number of carbonyl (C=O) groups excluding carboxylic acids is 1. The molecule has 2 aromatic carbocycles. The number of rotatable bonds is 3. The summed E-state index contributed by atoms with van der Waals surface area (Å²) in [6, 6.07) is 6.65. The number of amides is 1. The van der Waals surface area contributed by atoms with Gasteiger partial charge in [0.15, 0.2) is 5.43 Å². The van der Waals surface area contributed by atoms with E-state index in [1.54, 1.807) is 6.92 Å². The zero-order valence-corrected chi connectivity index (χ0v) is 13.6. The smallest absolute Gasteiger partial charge is 0.411 e. The van der Waals surface area contributed by atoms with Gasteiger partial charge in [0.2, 0.25) is 0 Å². The number of ether oxygens (including phenoxy) is 1. The molecule has 0 aliphatic rings. The molecule has 134 valence electrons. The molecule has 3 rings (SSSR count). The Balaban J connectivity index is 2.21. The Morgan fingerprint density at radius 3 is 2.73 bits per heavy atom. The molecule has 0 atom stereocenters. The summed E-state index contributed by atoms with van der Waals surface area (Å²) in [6.07, 6.45) is -0.854. The number of carbonyl (C=O) groups is 1. The number of H-pyrrole nitrogens is 1. The number of halogens is 2. The average Bonchev–Trinajstić information content (AvgIpc) is 2.53. The van der Waals surface area contributed by atoms with Gasteiger partial charge >= 0.3 is 6.09 Å². The van der Waals surface area contributed by atoms with E-state index >= 15 is 0 Å². The molecule has 1 heterocycles. The Morgan fingerprint density at radius 2 is 2.00 bits per heavy atom. The molecule has 1 amide bonds. The fourth-order valence-corrected chi connectivity index (χ4v) is 2.60. The average molecular weight is 360 g/mol. The summed E-state index contributed by atoms with van der Waals surface area (Å²) in [5.74, 6) is -1.88. The van der Waals surface area contributed by atoms with E-state index < -0.39 is 28.9 Å². The first-order valence-electron chi connectivity index (χ1n) is 7.68. The Hall–Kier alpha value is -3.42. The van der Waals surface area contributed by atoms with Crippen molar-refractivity contribution in [3.63, 3.8) is 0 Å². The molecule has 0 saturated heterocycles. The maximum absolute atomic E-state index is 14.5. The minimum atomic E-state index is -0.886. The summed E-state index contributed by atoms with van der Waals surface area (Å²) in [5.41, 5.74) is -0.547. The molecule has 3 aromatic rings. The quantitative estimate of drug-likeness (QED) is 0.663. The van der Waals surface area contributed by atoms with Crippen molar-refractivity contribution >= 4 is 22.7 Å². The normalized spacial score (nSPS) is 10.7. The van der Waals surface area contributed by atoms with Gasteiger partial charge in [0.05, 0.1) is 29.1 Å². The van der Waals surface area contributed by atoms with Gasteiger partial charge in [0, 0.05) is 23.6 Å². The number of fused-ring (bicyclic) bond motifs is 1. The number of aromatic hydroxyl groups is 1. The van der Waals surface area contributed by atoms with E-state index in [1.807, 2.05) is 0 Å². The molecule has 8 heteroatoms. The van der Waals surface area contributed by atoms with E-state index in [0.717, 1.165) is 30.3 Å². The van der Waals surface area contributed by atoms with Crippen LogP contribution in [0.2, 0.25) is 0 Å². The van der Waals surface area contributed by atoms with Crippen LogP contribution in [-0.4, -0.2) is 22.8 Å². The third-order valence-electron chi connectivity index (χ3n) is 3.65. The van der Waals surface area contributed by atoms with Gasteiger partial charge in [-0.25, -0.2) is 13.6 Å². The second-order valence-electron chi connectivity index (χ2n) is 5.43. The van der Waals surface area contributed by atoms with Gasteiger partial charge < -0.3 is 14.8 Å². The maximum atomic E-state index is 14.5. The largest absolute Gasteiger partial charge is 0.508 e. The predicted octanol–water partition coefficient (Wildman–Crippen LogP) is 3.75. The first kappa shape index (κ1) is 17.4. The van der Waals surface area contributed by atoms with Gasteiger partial charge in [-0.3, -0.25) is 10.1 Å². The topological polar surface area (TPSA) is 91.4 Å². The number of benzene rings is 2. The van der Waals surface area contributed by atoms with Gasteiger partial charge in [0.25, 0.3) is 0 Å². The van der Waals surface area contributed by atoms with E-state index in [4.69, 9.17) is 4.74 Å². The van der Waals surface area contributed by atoms with E-state index in [-0.39, 0.29) is 34.5 Å². The second kappa shape index (κ2) is 6.83. The zero-order chi connectivity index (χ0) is 18.8. The minimum Gasteiger partial charge on any atom is -0.508 e. The Bertz CT molecular complexity index is 1060. The molecular weight excluding hydrogens is 346 g/mol. The van der Waals surface area contributed by atoms with E-state index in [0.29, 0.717) is 0 Å². The summed E-state index contributed by atoms with van der Waals surface area (Å²) in [4.78, 5) is 26.7. The Morgan fingerprint density at radius 1 is 1.23 bits per heavy atom. The van der Waals surface area contributed by atoms with Crippen LogP contribution in [0.5, 0.6) is 5.75 Å². The monoisotopic (exact) mass is 360 g/mol. The van der Waals surface area contributed by atoms with E-state index in [2.05, 4.69) is 10.3 Å². The number of hydrogen-bond donors (Lipinski definition) is 3. The third kappa shape index (κ3) is 3.34. The fourth-order valence-electron chi connectivity index (χ4n) is 2.60. The molecule has 26 heavy (non-hydrogen) atoms. The highest BCUT2D eigenvalue weighted by Gasteiger charge is 2.18. The summed E-state index contributed by atoms with van der Waals surface area (Å²) in [7, 11) is 0. The lowest BCUT2D eigenvalue weighted by atomic mass is 10.1. The van der Waals surface area contributed by atoms with Crippen molar-refractivity contribution in [2.45, 2.75) is 6.92 Å². The van der Waals surface area contributed by atoms with Crippen molar-refractivity contribution in [1.29, 1.82) is 0 Å². The number of pyridine rings is 1. The van der Waals surface area contributed by atoms with Crippen molar-refractivity contribution in [2.24, 2.45) is 0 Å². The van der Waals surface area contributed by atoms with Crippen LogP contribution in [0, 0.1) is 11.6 Å². The van der Waals surface area contributed by atoms with Gasteiger partial charge in [-0.2, -0.15) is 0 Å². The lowest BCUT2D eigenvalue weighted by Gasteiger charge is -2.13. The lowest BCUT2D eigenvalue weighted by molar-refractivity contribution is 0.168.